The lowest BCUT2D eigenvalue weighted by molar-refractivity contribution is 0.112. The Balaban J connectivity index is 2.84. The van der Waals surface area contributed by atoms with Gasteiger partial charge in [-0.3, -0.25) is 0 Å². The summed E-state index contributed by atoms with van der Waals surface area (Å²) in [5.41, 5.74) is 0.996. The molecule has 0 N–H and O–H groups in total. The fraction of sp³-hybridized carbons (Fsp3) is 0.636. The van der Waals surface area contributed by atoms with Gasteiger partial charge in [0, 0.05) is 12.8 Å². The molecule has 0 amide bonds. The molecule has 0 aliphatic heterocycles. The minimum atomic E-state index is -0.107. The summed E-state index contributed by atoms with van der Waals surface area (Å²) < 4.78 is 5.17. The molecule has 0 spiro atoms. The number of hydrogen-bond donors (Lipinski definition) is 0. The van der Waals surface area contributed by atoms with Crippen LogP contribution in [0, 0.1) is 0 Å². The number of aryl methyl sites for hydroxylation is 1. The van der Waals surface area contributed by atoms with Crippen LogP contribution in [0.25, 0.3) is 0 Å². The first-order valence-corrected chi connectivity index (χ1v) is 5.61. The van der Waals surface area contributed by atoms with E-state index in [1.807, 2.05) is 13.0 Å². The number of halogens is 1. The Bertz CT molecular complexity index is 317. The molecule has 0 unspecified atom stereocenters. The highest BCUT2D eigenvalue weighted by Gasteiger charge is 2.09. The van der Waals surface area contributed by atoms with Gasteiger partial charge >= 0.3 is 0 Å². The fourth-order valence-electron chi connectivity index (χ4n) is 1.26. The van der Waals surface area contributed by atoms with E-state index in [9.17, 15) is 0 Å². The highest BCUT2D eigenvalue weighted by atomic mass is 35.5. The Morgan fingerprint density at radius 1 is 1.47 bits per heavy atom. The van der Waals surface area contributed by atoms with E-state index in [2.05, 4.69) is 16.9 Å². The fourth-order valence-corrected chi connectivity index (χ4v) is 1.47. The second kappa shape index (κ2) is 6.03. The molecule has 0 bridgehead atoms. The summed E-state index contributed by atoms with van der Waals surface area (Å²) in [4.78, 5) is 8.56. The van der Waals surface area contributed by atoms with Crippen LogP contribution in [0.3, 0.4) is 0 Å². The second-order valence-electron chi connectivity index (χ2n) is 3.52. The van der Waals surface area contributed by atoms with E-state index in [0.717, 1.165) is 25.0 Å². The molecule has 0 aromatic carbocycles. The predicted octanol–water partition coefficient (Wildman–Crippen LogP) is 3.18. The van der Waals surface area contributed by atoms with Crippen LogP contribution in [-0.4, -0.2) is 17.1 Å². The average molecular weight is 229 g/mol. The minimum Gasteiger partial charge on any atom is -0.374 e. The van der Waals surface area contributed by atoms with Crippen LogP contribution < -0.4 is 0 Å². The van der Waals surface area contributed by atoms with Gasteiger partial charge in [0.1, 0.15) is 11.3 Å². The van der Waals surface area contributed by atoms with Crippen molar-refractivity contribution < 1.29 is 4.74 Å². The van der Waals surface area contributed by atoms with Crippen LogP contribution in [0.1, 0.15) is 44.3 Å². The summed E-state index contributed by atoms with van der Waals surface area (Å²) in [6, 6.07) is 1.82. The summed E-state index contributed by atoms with van der Waals surface area (Å²) in [5, 5.41) is 0.495. The Kier molecular flexibility index (Phi) is 4.99. The Morgan fingerprint density at radius 3 is 2.80 bits per heavy atom. The molecular weight excluding hydrogens is 212 g/mol. The summed E-state index contributed by atoms with van der Waals surface area (Å²) >= 11 is 5.92. The molecule has 1 aromatic heterocycles. The van der Waals surface area contributed by atoms with Crippen molar-refractivity contribution in [2.24, 2.45) is 0 Å². The van der Waals surface area contributed by atoms with Crippen molar-refractivity contribution in [3.8, 4) is 0 Å². The molecule has 1 heterocycles. The molecule has 0 radical (unpaired) electrons. The Hall–Kier alpha value is -0.670. The van der Waals surface area contributed by atoms with Gasteiger partial charge in [-0.05, 0) is 25.8 Å². The maximum Gasteiger partial charge on any atom is 0.158 e. The maximum absolute atomic E-state index is 5.92. The third kappa shape index (κ3) is 3.76. The van der Waals surface area contributed by atoms with Crippen molar-refractivity contribution in [2.45, 2.75) is 39.2 Å². The van der Waals surface area contributed by atoms with E-state index >= 15 is 0 Å². The van der Waals surface area contributed by atoms with Crippen molar-refractivity contribution in [3.05, 3.63) is 22.7 Å². The number of nitrogens with zero attached hydrogens (tertiary/aromatic N) is 2. The molecule has 1 rings (SSSR count). The summed E-state index contributed by atoms with van der Waals surface area (Å²) in [5.74, 6) is 0.663. The van der Waals surface area contributed by atoms with Gasteiger partial charge in [-0.25, -0.2) is 9.97 Å². The monoisotopic (exact) mass is 228 g/mol. The van der Waals surface area contributed by atoms with Gasteiger partial charge in [0.25, 0.3) is 0 Å². The Morgan fingerprint density at radius 2 is 2.20 bits per heavy atom. The SMILES string of the molecule is CCCCc1cc(Cl)nc([C@H](C)OC)n1. The van der Waals surface area contributed by atoms with E-state index in [1.54, 1.807) is 7.11 Å². The Labute approximate surface area is 95.8 Å². The number of ether oxygens (including phenoxy) is 1. The molecule has 0 fully saturated rings. The van der Waals surface area contributed by atoms with E-state index in [0.29, 0.717) is 11.0 Å². The number of methoxy groups -OCH3 is 1. The minimum absolute atomic E-state index is 0.107. The highest BCUT2D eigenvalue weighted by molar-refractivity contribution is 6.29. The first-order chi connectivity index (χ1) is 7.17. The van der Waals surface area contributed by atoms with Gasteiger partial charge in [-0.2, -0.15) is 0 Å². The smallest absolute Gasteiger partial charge is 0.158 e. The van der Waals surface area contributed by atoms with Crippen molar-refractivity contribution in [3.63, 3.8) is 0 Å². The highest BCUT2D eigenvalue weighted by Crippen LogP contribution is 2.16. The molecule has 15 heavy (non-hydrogen) atoms. The number of hydrogen-bond acceptors (Lipinski definition) is 3. The molecule has 0 saturated heterocycles. The third-order valence-corrected chi connectivity index (χ3v) is 2.46. The average Bonchev–Trinajstić information content (AvgIpc) is 2.24. The quantitative estimate of drug-likeness (QED) is 0.726. The third-order valence-electron chi connectivity index (χ3n) is 2.27. The molecular formula is C11H17ClN2O. The zero-order valence-corrected chi connectivity index (χ0v) is 10.2. The summed E-state index contributed by atoms with van der Waals surface area (Å²) in [6.45, 7) is 4.07. The molecule has 3 nitrogen and oxygen atoms in total. The van der Waals surface area contributed by atoms with Crippen LogP contribution >= 0.6 is 11.6 Å². The number of unbranched alkanes of at least 4 members (excludes halogenated alkanes) is 1. The first kappa shape index (κ1) is 12.4. The van der Waals surface area contributed by atoms with Gasteiger partial charge in [0.15, 0.2) is 5.82 Å². The lowest BCUT2D eigenvalue weighted by Crippen LogP contribution is -2.05. The summed E-state index contributed by atoms with van der Waals surface area (Å²) in [7, 11) is 1.64. The largest absolute Gasteiger partial charge is 0.374 e. The van der Waals surface area contributed by atoms with Crippen LogP contribution in [0.15, 0.2) is 6.07 Å². The van der Waals surface area contributed by atoms with Crippen LogP contribution in [-0.2, 0) is 11.2 Å². The van der Waals surface area contributed by atoms with E-state index in [4.69, 9.17) is 16.3 Å². The van der Waals surface area contributed by atoms with Gasteiger partial charge in [-0.1, -0.05) is 24.9 Å². The van der Waals surface area contributed by atoms with Crippen molar-refractivity contribution in [1.82, 2.24) is 9.97 Å². The summed E-state index contributed by atoms with van der Waals surface area (Å²) in [6.07, 6.45) is 3.11. The van der Waals surface area contributed by atoms with Crippen LogP contribution in [0.5, 0.6) is 0 Å². The van der Waals surface area contributed by atoms with Crippen molar-refractivity contribution >= 4 is 11.6 Å². The number of rotatable bonds is 5. The predicted molar refractivity (Wildman–Crippen MR) is 61.1 cm³/mol. The molecule has 84 valence electrons. The molecule has 1 aromatic rings. The van der Waals surface area contributed by atoms with E-state index in [-0.39, 0.29) is 6.10 Å². The normalized spacial score (nSPS) is 12.8. The van der Waals surface area contributed by atoms with Crippen LogP contribution in [0.2, 0.25) is 5.15 Å². The zero-order valence-electron chi connectivity index (χ0n) is 9.46. The number of aromatic nitrogens is 2. The molecule has 1 atom stereocenters. The zero-order chi connectivity index (χ0) is 11.3. The lowest BCUT2D eigenvalue weighted by Gasteiger charge is -2.09. The molecule has 0 aliphatic carbocycles. The van der Waals surface area contributed by atoms with Gasteiger partial charge < -0.3 is 4.74 Å². The molecule has 0 aliphatic rings. The van der Waals surface area contributed by atoms with Gasteiger partial charge in [0.2, 0.25) is 0 Å². The van der Waals surface area contributed by atoms with E-state index < -0.39 is 0 Å². The van der Waals surface area contributed by atoms with Crippen molar-refractivity contribution in [1.29, 1.82) is 0 Å². The molecule has 4 heteroatoms. The standard InChI is InChI=1S/C11H17ClN2O/c1-4-5-6-9-7-10(12)14-11(13-9)8(2)15-3/h7-8H,4-6H2,1-3H3/t8-/m0/s1. The molecule has 0 saturated carbocycles. The van der Waals surface area contributed by atoms with E-state index in [1.165, 1.54) is 0 Å². The first-order valence-electron chi connectivity index (χ1n) is 5.23. The van der Waals surface area contributed by atoms with Gasteiger partial charge in [-0.15, -0.1) is 0 Å². The second-order valence-corrected chi connectivity index (χ2v) is 3.91. The van der Waals surface area contributed by atoms with Crippen molar-refractivity contribution in [2.75, 3.05) is 7.11 Å². The van der Waals surface area contributed by atoms with Crippen LogP contribution in [0.4, 0.5) is 0 Å². The lowest BCUT2D eigenvalue weighted by atomic mass is 10.2. The maximum atomic E-state index is 5.92. The topological polar surface area (TPSA) is 35.0 Å². The van der Waals surface area contributed by atoms with Gasteiger partial charge in [0.05, 0.1) is 0 Å².